The van der Waals surface area contributed by atoms with Crippen LogP contribution in [0.25, 0.3) is 0 Å². The van der Waals surface area contributed by atoms with Crippen LogP contribution in [0.2, 0.25) is 0 Å². The van der Waals surface area contributed by atoms with Crippen molar-refractivity contribution in [2.45, 2.75) is 6.10 Å². The van der Waals surface area contributed by atoms with Crippen molar-refractivity contribution in [3.63, 3.8) is 0 Å². The van der Waals surface area contributed by atoms with Crippen LogP contribution in [0.4, 0.5) is 5.69 Å². The molecule has 0 fully saturated rings. The van der Waals surface area contributed by atoms with E-state index < -0.39 is 6.10 Å². The second-order valence-electron chi connectivity index (χ2n) is 4.28. The molecule has 0 aliphatic carbocycles. The third kappa shape index (κ3) is 3.79. The maximum absolute atomic E-state index is 11.9. The van der Waals surface area contributed by atoms with E-state index in [4.69, 9.17) is 5.73 Å². The molecule has 0 bridgehead atoms. The van der Waals surface area contributed by atoms with E-state index in [0.29, 0.717) is 16.8 Å². The van der Waals surface area contributed by atoms with Gasteiger partial charge in [0.05, 0.1) is 11.7 Å². The molecule has 1 unspecified atom stereocenters. The van der Waals surface area contributed by atoms with Gasteiger partial charge in [-0.15, -0.1) is 0 Å². The van der Waals surface area contributed by atoms with Crippen LogP contribution >= 0.6 is 15.9 Å². The predicted octanol–water partition coefficient (Wildman–Crippen LogP) is 1.89. The number of anilines is 1. The highest BCUT2D eigenvalue weighted by Crippen LogP contribution is 2.14. The number of hydrogen-bond acceptors (Lipinski definition) is 4. The maximum Gasteiger partial charge on any atom is 0.252 e. The highest BCUT2D eigenvalue weighted by atomic mass is 79.9. The van der Waals surface area contributed by atoms with Gasteiger partial charge in [-0.1, -0.05) is 12.1 Å². The molecule has 1 atom stereocenters. The SMILES string of the molecule is Nc1ccc(C(O)CNC(=O)c2cncc(Br)c2)cc1. The van der Waals surface area contributed by atoms with Crippen molar-refractivity contribution in [2.24, 2.45) is 0 Å². The van der Waals surface area contributed by atoms with Gasteiger partial charge in [0.25, 0.3) is 5.91 Å². The Morgan fingerprint density at radius 1 is 1.35 bits per heavy atom. The number of carbonyl (C=O) groups is 1. The fraction of sp³-hybridized carbons (Fsp3) is 0.143. The largest absolute Gasteiger partial charge is 0.399 e. The number of nitrogen functional groups attached to an aromatic ring is 1. The Kier molecular flexibility index (Phi) is 4.70. The van der Waals surface area contributed by atoms with Gasteiger partial charge < -0.3 is 16.2 Å². The summed E-state index contributed by atoms with van der Waals surface area (Å²) in [5.41, 5.74) is 7.34. The van der Waals surface area contributed by atoms with Gasteiger partial charge in [0.2, 0.25) is 0 Å². The van der Waals surface area contributed by atoms with Crippen LogP contribution in [-0.2, 0) is 0 Å². The number of rotatable bonds is 4. The summed E-state index contributed by atoms with van der Waals surface area (Å²) in [6.07, 6.45) is 2.29. The van der Waals surface area contributed by atoms with E-state index in [9.17, 15) is 9.90 Å². The summed E-state index contributed by atoms with van der Waals surface area (Å²) in [7, 11) is 0. The van der Waals surface area contributed by atoms with Gasteiger partial charge in [0, 0.05) is 29.1 Å². The first-order valence-corrected chi connectivity index (χ1v) is 6.78. The Morgan fingerprint density at radius 2 is 2.05 bits per heavy atom. The van der Waals surface area contributed by atoms with Crippen molar-refractivity contribution in [1.82, 2.24) is 10.3 Å². The van der Waals surface area contributed by atoms with Crippen molar-refractivity contribution in [1.29, 1.82) is 0 Å². The topological polar surface area (TPSA) is 88.2 Å². The molecule has 6 heteroatoms. The van der Waals surface area contributed by atoms with Gasteiger partial charge in [-0.3, -0.25) is 9.78 Å². The normalized spacial score (nSPS) is 11.9. The van der Waals surface area contributed by atoms with Gasteiger partial charge in [-0.2, -0.15) is 0 Å². The standard InChI is InChI=1S/C14H14BrN3O2/c15-11-5-10(6-17-7-11)14(20)18-8-13(19)9-1-3-12(16)4-2-9/h1-7,13,19H,8,16H2,(H,18,20). The van der Waals surface area contributed by atoms with Crippen LogP contribution in [0.5, 0.6) is 0 Å². The summed E-state index contributed by atoms with van der Waals surface area (Å²) in [5, 5.41) is 12.6. The first-order chi connectivity index (χ1) is 9.56. The molecule has 1 aromatic heterocycles. The summed E-state index contributed by atoms with van der Waals surface area (Å²) in [5.74, 6) is -0.284. The first kappa shape index (κ1) is 14.5. The number of nitrogens with zero attached hydrogens (tertiary/aromatic N) is 1. The summed E-state index contributed by atoms with van der Waals surface area (Å²) in [6.45, 7) is 0.120. The molecule has 0 spiro atoms. The third-order valence-corrected chi connectivity index (χ3v) is 3.18. The van der Waals surface area contributed by atoms with E-state index in [0.717, 1.165) is 4.47 Å². The van der Waals surface area contributed by atoms with Crippen LogP contribution in [-0.4, -0.2) is 22.5 Å². The number of nitrogens with two attached hydrogens (primary N) is 1. The van der Waals surface area contributed by atoms with E-state index >= 15 is 0 Å². The number of carbonyl (C=O) groups excluding carboxylic acids is 1. The zero-order valence-corrected chi connectivity index (χ0v) is 12.2. The van der Waals surface area contributed by atoms with E-state index in [1.807, 2.05) is 0 Å². The minimum Gasteiger partial charge on any atom is -0.399 e. The lowest BCUT2D eigenvalue weighted by Gasteiger charge is -2.12. The van der Waals surface area contributed by atoms with E-state index in [1.54, 1.807) is 36.5 Å². The average Bonchev–Trinajstić information content (AvgIpc) is 2.45. The molecule has 20 heavy (non-hydrogen) atoms. The monoisotopic (exact) mass is 335 g/mol. The number of pyridine rings is 1. The number of aromatic nitrogens is 1. The molecule has 1 aromatic carbocycles. The van der Waals surface area contributed by atoms with Crippen LogP contribution in [0, 0.1) is 0 Å². The smallest absolute Gasteiger partial charge is 0.252 e. The Labute approximate surface area is 125 Å². The third-order valence-electron chi connectivity index (χ3n) is 2.74. The highest BCUT2D eigenvalue weighted by molar-refractivity contribution is 9.10. The average molecular weight is 336 g/mol. The Balaban J connectivity index is 1.94. The fourth-order valence-electron chi connectivity index (χ4n) is 1.66. The summed E-state index contributed by atoms with van der Waals surface area (Å²) in [6, 6.07) is 8.54. The van der Waals surface area contributed by atoms with Crippen molar-refractivity contribution in [2.75, 3.05) is 12.3 Å². The fourth-order valence-corrected chi connectivity index (χ4v) is 2.03. The second kappa shape index (κ2) is 6.49. The minimum absolute atomic E-state index is 0.120. The van der Waals surface area contributed by atoms with E-state index in [-0.39, 0.29) is 12.5 Å². The predicted molar refractivity (Wildman–Crippen MR) is 80.1 cm³/mol. The molecule has 1 amide bonds. The molecule has 0 aliphatic rings. The second-order valence-corrected chi connectivity index (χ2v) is 5.20. The van der Waals surface area contributed by atoms with Crippen LogP contribution in [0.1, 0.15) is 22.0 Å². The lowest BCUT2D eigenvalue weighted by molar-refractivity contribution is 0.0916. The Hall–Kier alpha value is -1.92. The molecule has 104 valence electrons. The number of hydrogen-bond donors (Lipinski definition) is 3. The van der Waals surface area contributed by atoms with Gasteiger partial charge in [-0.25, -0.2) is 0 Å². The Bertz CT molecular complexity index is 602. The summed E-state index contributed by atoms with van der Waals surface area (Å²) in [4.78, 5) is 15.8. The molecule has 0 aliphatic heterocycles. The number of aliphatic hydroxyl groups excluding tert-OH is 1. The molecule has 2 rings (SSSR count). The molecule has 2 aromatic rings. The molecule has 5 nitrogen and oxygen atoms in total. The van der Waals surface area contributed by atoms with Crippen molar-refractivity contribution in [3.8, 4) is 0 Å². The first-order valence-electron chi connectivity index (χ1n) is 5.98. The number of amides is 1. The van der Waals surface area contributed by atoms with Gasteiger partial charge >= 0.3 is 0 Å². The number of halogens is 1. The number of aliphatic hydroxyl groups is 1. The molecule has 1 heterocycles. The Morgan fingerprint density at radius 3 is 2.70 bits per heavy atom. The van der Waals surface area contributed by atoms with Gasteiger partial charge in [0.1, 0.15) is 0 Å². The van der Waals surface area contributed by atoms with Gasteiger partial charge in [-0.05, 0) is 39.7 Å². The van der Waals surface area contributed by atoms with Crippen molar-refractivity contribution >= 4 is 27.5 Å². The van der Waals surface area contributed by atoms with Crippen molar-refractivity contribution < 1.29 is 9.90 Å². The molecule has 0 saturated carbocycles. The van der Waals surface area contributed by atoms with E-state index in [2.05, 4.69) is 26.2 Å². The number of nitrogens with one attached hydrogen (secondary N) is 1. The van der Waals surface area contributed by atoms with E-state index in [1.165, 1.54) is 6.20 Å². The minimum atomic E-state index is -0.778. The molecule has 0 radical (unpaired) electrons. The maximum atomic E-state index is 11.9. The van der Waals surface area contributed by atoms with Crippen LogP contribution < -0.4 is 11.1 Å². The van der Waals surface area contributed by atoms with Gasteiger partial charge in [0.15, 0.2) is 0 Å². The summed E-state index contributed by atoms with van der Waals surface area (Å²) >= 11 is 3.25. The highest BCUT2D eigenvalue weighted by Gasteiger charge is 2.11. The molecule has 0 saturated heterocycles. The number of benzene rings is 1. The zero-order valence-electron chi connectivity index (χ0n) is 10.6. The van der Waals surface area contributed by atoms with Crippen molar-refractivity contribution in [3.05, 3.63) is 58.3 Å². The molecular weight excluding hydrogens is 322 g/mol. The zero-order chi connectivity index (χ0) is 14.5. The lowest BCUT2D eigenvalue weighted by Crippen LogP contribution is -2.28. The lowest BCUT2D eigenvalue weighted by atomic mass is 10.1. The quantitative estimate of drug-likeness (QED) is 0.744. The molecule has 4 N–H and O–H groups in total. The molecular formula is C14H14BrN3O2. The summed E-state index contributed by atoms with van der Waals surface area (Å²) < 4.78 is 0.726. The van der Waals surface area contributed by atoms with Crippen LogP contribution in [0.3, 0.4) is 0 Å². The van der Waals surface area contributed by atoms with Crippen LogP contribution in [0.15, 0.2) is 47.2 Å².